The van der Waals surface area contributed by atoms with Crippen molar-refractivity contribution in [3.05, 3.63) is 47.5 Å². The number of nitrogen functional groups attached to an aromatic ring is 1. The summed E-state index contributed by atoms with van der Waals surface area (Å²) in [6, 6.07) is 8.77. The van der Waals surface area contributed by atoms with Crippen molar-refractivity contribution in [3.8, 4) is 6.07 Å². The van der Waals surface area contributed by atoms with Gasteiger partial charge in [0.2, 0.25) is 0 Å². The highest BCUT2D eigenvalue weighted by Crippen LogP contribution is 2.05. The number of nitrogens with two attached hydrogens (primary N) is 1. The van der Waals surface area contributed by atoms with Crippen molar-refractivity contribution in [2.24, 2.45) is 5.84 Å². The van der Waals surface area contributed by atoms with E-state index in [0.717, 1.165) is 5.56 Å². The van der Waals surface area contributed by atoms with Crippen LogP contribution in [0.25, 0.3) is 0 Å². The number of hydrazine groups is 1. The molecule has 0 aliphatic heterocycles. The molecule has 1 heterocycles. The predicted molar refractivity (Wildman–Crippen MR) is 61.9 cm³/mol. The van der Waals surface area contributed by atoms with Gasteiger partial charge in [-0.3, -0.25) is 10.2 Å². The van der Waals surface area contributed by atoms with E-state index in [1.165, 1.54) is 6.33 Å². The topological polar surface area (TPSA) is 110 Å². The summed E-state index contributed by atoms with van der Waals surface area (Å²) in [5.41, 5.74) is 3.49. The second-order valence-electron chi connectivity index (χ2n) is 3.55. The van der Waals surface area contributed by atoms with Crippen molar-refractivity contribution < 1.29 is 4.79 Å². The van der Waals surface area contributed by atoms with Crippen LogP contribution in [0.3, 0.4) is 0 Å². The van der Waals surface area contributed by atoms with E-state index >= 15 is 0 Å². The zero-order chi connectivity index (χ0) is 13.0. The average molecular weight is 242 g/mol. The van der Waals surface area contributed by atoms with E-state index in [2.05, 4.69) is 15.5 Å². The number of nitrogens with one attached hydrogen (secondary N) is 1. The number of nitriles is 1. The number of carbonyl (C=O) groups excluding carboxylic acids is 1. The highest BCUT2D eigenvalue weighted by Gasteiger charge is 2.04. The fourth-order valence-corrected chi connectivity index (χ4v) is 1.45. The number of aromatic nitrogens is 3. The van der Waals surface area contributed by atoms with Gasteiger partial charge >= 0.3 is 0 Å². The van der Waals surface area contributed by atoms with Gasteiger partial charge in [0.05, 0.1) is 6.54 Å². The molecule has 0 fully saturated rings. The van der Waals surface area contributed by atoms with Crippen molar-refractivity contribution in [1.29, 1.82) is 5.26 Å². The van der Waals surface area contributed by atoms with E-state index < -0.39 is 0 Å². The Morgan fingerprint density at radius 1 is 1.44 bits per heavy atom. The molecule has 0 aliphatic rings. The van der Waals surface area contributed by atoms with E-state index in [1.807, 2.05) is 6.07 Å². The number of hydrogen-bond acceptors (Lipinski definition) is 5. The first-order valence-electron chi connectivity index (χ1n) is 5.12. The third-order valence-electron chi connectivity index (χ3n) is 2.33. The van der Waals surface area contributed by atoms with Crippen LogP contribution in [0.4, 0.5) is 0 Å². The summed E-state index contributed by atoms with van der Waals surface area (Å²) in [7, 11) is 0. The molecule has 0 atom stereocenters. The first-order valence-corrected chi connectivity index (χ1v) is 5.12. The normalized spacial score (nSPS) is 9.78. The molecule has 0 unspecified atom stereocenters. The van der Waals surface area contributed by atoms with Gasteiger partial charge < -0.3 is 0 Å². The molecular weight excluding hydrogens is 232 g/mol. The second kappa shape index (κ2) is 5.07. The van der Waals surface area contributed by atoms with Gasteiger partial charge in [0.1, 0.15) is 12.4 Å². The van der Waals surface area contributed by atoms with Gasteiger partial charge in [0.25, 0.3) is 11.7 Å². The van der Waals surface area contributed by atoms with Gasteiger partial charge in [-0.2, -0.15) is 5.26 Å². The molecule has 0 saturated carbocycles. The van der Waals surface area contributed by atoms with Gasteiger partial charge in [0.15, 0.2) is 0 Å². The molecule has 0 saturated heterocycles. The summed E-state index contributed by atoms with van der Waals surface area (Å²) in [6.07, 6.45) is 1.49. The van der Waals surface area contributed by atoms with Crippen LogP contribution in [0.2, 0.25) is 0 Å². The first-order chi connectivity index (χ1) is 8.72. The van der Waals surface area contributed by atoms with Crippen LogP contribution in [0.5, 0.6) is 0 Å². The Balaban J connectivity index is 2.11. The maximum absolute atomic E-state index is 11.2. The lowest BCUT2D eigenvalue weighted by Gasteiger charge is -2.03. The minimum Gasteiger partial charge on any atom is -0.290 e. The quantitative estimate of drug-likeness (QED) is 0.440. The van der Waals surface area contributed by atoms with Gasteiger partial charge in [0, 0.05) is 5.56 Å². The molecule has 3 N–H and O–H groups in total. The van der Waals surface area contributed by atoms with Crippen LogP contribution >= 0.6 is 0 Å². The molecule has 0 radical (unpaired) electrons. The van der Waals surface area contributed by atoms with Crippen LogP contribution < -0.4 is 11.3 Å². The van der Waals surface area contributed by atoms with E-state index in [-0.39, 0.29) is 11.7 Å². The van der Waals surface area contributed by atoms with E-state index in [9.17, 15) is 4.79 Å². The molecule has 0 bridgehead atoms. The maximum atomic E-state index is 11.2. The van der Waals surface area contributed by atoms with Crippen molar-refractivity contribution in [2.75, 3.05) is 0 Å². The molecule has 1 amide bonds. The molecule has 18 heavy (non-hydrogen) atoms. The second-order valence-corrected chi connectivity index (χ2v) is 3.55. The molecule has 2 rings (SSSR count). The lowest BCUT2D eigenvalue weighted by Crippen LogP contribution is -2.29. The zero-order valence-corrected chi connectivity index (χ0v) is 9.37. The number of nitrogens with zero attached hydrogens (tertiary/aromatic N) is 4. The Kier molecular flexibility index (Phi) is 3.31. The van der Waals surface area contributed by atoms with Crippen molar-refractivity contribution >= 4 is 5.91 Å². The summed E-state index contributed by atoms with van der Waals surface area (Å²) < 4.78 is 1.55. The number of benzene rings is 1. The summed E-state index contributed by atoms with van der Waals surface area (Å²) in [6.45, 7) is 0.485. The Labute approximate surface area is 103 Å². The zero-order valence-electron chi connectivity index (χ0n) is 9.37. The smallest absolute Gasteiger partial charge is 0.265 e. The SMILES string of the molecule is N#Cc1ncn(Cc2ccc(C(=O)NN)cc2)n1. The van der Waals surface area contributed by atoms with Crippen molar-refractivity contribution in [3.63, 3.8) is 0 Å². The highest BCUT2D eigenvalue weighted by molar-refractivity contribution is 5.93. The Hall–Kier alpha value is -2.72. The maximum Gasteiger partial charge on any atom is 0.265 e. The summed E-state index contributed by atoms with van der Waals surface area (Å²) in [5, 5.41) is 12.5. The van der Waals surface area contributed by atoms with E-state index in [0.29, 0.717) is 12.1 Å². The number of hydrogen-bond donors (Lipinski definition) is 2. The molecule has 7 nitrogen and oxygen atoms in total. The number of rotatable bonds is 3. The van der Waals surface area contributed by atoms with E-state index in [1.54, 1.807) is 28.9 Å². The van der Waals surface area contributed by atoms with Gasteiger partial charge in [-0.15, -0.1) is 5.10 Å². The Bertz CT molecular complexity index is 595. The van der Waals surface area contributed by atoms with Gasteiger partial charge in [-0.1, -0.05) is 12.1 Å². The average Bonchev–Trinajstić information content (AvgIpc) is 2.86. The third-order valence-corrected chi connectivity index (χ3v) is 2.33. The largest absolute Gasteiger partial charge is 0.290 e. The molecule has 0 aliphatic carbocycles. The Morgan fingerprint density at radius 2 is 2.17 bits per heavy atom. The van der Waals surface area contributed by atoms with Crippen molar-refractivity contribution in [1.82, 2.24) is 20.2 Å². The summed E-state index contributed by atoms with van der Waals surface area (Å²) >= 11 is 0. The van der Waals surface area contributed by atoms with Crippen LogP contribution in [0.1, 0.15) is 21.7 Å². The molecular formula is C11H10N6O. The Morgan fingerprint density at radius 3 is 2.72 bits per heavy atom. The number of carbonyl (C=O) groups is 1. The summed E-state index contributed by atoms with van der Waals surface area (Å²) in [5.74, 6) is 4.83. The molecule has 2 aromatic rings. The molecule has 90 valence electrons. The van der Waals surface area contributed by atoms with Crippen LogP contribution in [0.15, 0.2) is 30.6 Å². The molecule has 7 heteroatoms. The minimum absolute atomic E-state index is 0.133. The molecule has 1 aromatic carbocycles. The van der Waals surface area contributed by atoms with Gasteiger partial charge in [-0.05, 0) is 17.7 Å². The standard InChI is InChI=1S/C11H10N6O/c12-5-10-14-7-17(16-10)6-8-1-3-9(4-2-8)11(18)15-13/h1-4,7H,6,13H2,(H,15,18). The van der Waals surface area contributed by atoms with E-state index in [4.69, 9.17) is 11.1 Å². The lowest BCUT2D eigenvalue weighted by molar-refractivity contribution is 0.0953. The first kappa shape index (κ1) is 11.8. The van der Waals surface area contributed by atoms with Gasteiger partial charge in [-0.25, -0.2) is 15.5 Å². The summed E-state index contributed by atoms with van der Waals surface area (Å²) in [4.78, 5) is 15.0. The third kappa shape index (κ3) is 2.50. The highest BCUT2D eigenvalue weighted by atomic mass is 16.2. The fourth-order valence-electron chi connectivity index (χ4n) is 1.45. The van der Waals surface area contributed by atoms with Crippen molar-refractivity contribution in [2.45, 2.75) is 6.54 Å². The number of amides is 1. The van der Waals surface area contributed by atoms with Crippen LogP contribution in [-0.4, -0.2) is 20.7 Å². The minimum atomic E-state index is -0.339. The van der Waals surface area contributed by atoms with Crippen LogP contribution in [-0.2, 0) is 6.54 Å². The lowest BCUT2D eigenvalue weighted by atomic mass is 10.1. The molecule has 1 aromatic heterocycles. The predicted octanol–water partition coefficient (Wildman–Crippen LogP) is -0.198. The molecule has 0 spiro atoms. The monoisotopic (exact) mass is 242 g/mol. The van der Waals surface area contributed by atoms with Crippen LogP contribution in [0, 0.1) is 11.3 Å². The fraction of sp³-hybridized carbons (Fsp3) is 0.0909.